The maximum absolute atomic E-state index is 12.7. The van der Waals surface area contributed by atoms with Crippen LogP contribution in [-0.2, 0) is 14.6 Å². The molecule has 0 atom stereocenters. The highest BCUT2D eigenvalue weighted by Crippen LogP contribution is 2.20. The van der Waals surface area contributed by atoms with Crippen molar-refractivity contribution in [3.05, 3.63) is 24.0 Å². The van der Waals surface area contributed by atoms with E-state index >= 15 is 0 Å². The molecule has 0 aromatic heterocycles. The second kappa shape index (κ2) is 4.48. The van der Waals surface area contributed by atoms with Crippen LogP contribution in [-0.4, -0.2) is 20.1 Å². The predicted octanol–water partition coefficient (Wildman–Crippen LogP) is 0.0570. The molecule has 16 heavy (non-hydrogen) atoms. The molecule has 0 unspecified atom stereocenters. The Morgan fingerprint density at radius 3 is 2.50 bits per heavy atom. The van der Waals surface area contributed by atoms with E-state index in [2.05, 4.69) is 0 Å². The summed E-state index contributed by atoms with van der Waals surface area (Å²) in [6.07, 6.45) is -0.293. The fourth-order valence-electron chi connectivity index (χ4n) is 1.15. The predicted molar refractivity (Wildman–Crippen MR) is 56.7 cm³/mol. The molecule has 0 spiro atoms. The number of hydrogen-bond acceptors (Lipinski definition) is 4. The maximum Gasteiger partial charge on any atom is 0.218 e. The highest BCUT2D eigenvalue weighted by Gasteiger charge is 2.18. The number of halogens is 1. The number of hydrogen-bond donors (Lipinski definition) is 2. The monoisotopic (exact) mass is 246 g/mol. The normalized spacial score (nSPS) is 11.3. The Hall–Kier alpha value is -1.63. The number of anilines is 1. The summed E-state index contributed by atoms with van der Waals surface area (Å²) >= 11 is 0. The van der Waals surface area contributed by atoms with Crippen LogP contribution in [0.25, 0.3) is 0 Å². The van der Waals surface area contributed by atoms with Crippen LogP contribution < -0.4 is 11.5 Å². The van der Waals surface area contributed by atoms with Gasteiger partial charge in [-0.2, -0.15) is 0 Å². The summed E-state index contributed by atoms with van der Waals surface area (Å²) < 4.78 is 36.0. The SMILES string of the molecule is NC(=O)CCS(=O)(=O)c1ccc(F)cc1N. The van der Waals surface area contributed by atoms with Crippen LogP contribution in [0, 0.1) is 5.82 Å². The Morgan fingerprint density at radius 2 is 2.00 bits per heavy atom. The van der Waals surface area contributed by atoms with Gasteiger partial charge in [-0.25, -0.2) is 12.8 Å². The lowest BCUT2D eigenvalue weighted by Gasteiger charge is -2.06. The fraction of sp³-hybridized carbons (Fsp3) is 0.222. The van der Waals surface area contributed by atoms with E-state index in [-0.39, 0.29) is 17.0 Å². The van der Waals surface area contributed by atoms with E-state index in [1.165, 1.54) is 0 Å². The average Bonchev–Trinajstić information content (AvgIpc) is 2.14. The molecule has 0 bridgehead atoms. The summed E-state index contributed by atoms with van der Waals surface area (Å²) in [7, 11) is -3.70. The van der Waals surface area contributed by atoms with E-state index in [0.717, 1.165) is 18.2 Å². The molecule has 0 aliphatic heterocycles. The minimum atomic E-state index is -3.70. The molecule has 5 nitrogen and oxygen atoms in total. The maximum atomic E-state index is 12.7. The van der Waals surface area contributed by atoms with Gasteiger partial charge in [0, 0.05) is 6.42 Å². The molecular weight excluding hydrogens is 235 g/mol. The van der Waals surface area contributed by atoms with Gasteiger partial charge in [-0.05, 0) is 18.2 Å². The lowest BCUT2D eigenvalue weighted by molar-refractivity contribution is -0.117. The van der Waals surface area contributed by atoms with Crippen molar-refractivity contribution >= 4 is 21.4 Å². The van der Waals surface area contributed by atoms with E-state index in [1.54, 1.807) is 0 Å². The van der Waals surface area contributed by atoms with Crippen LogP contribution in [0.3, 0.4) is 0 Å². The molecule has 7 heteroatoms. The molecule has 0 fully saturated rings. The highest BCUT2D eigenvalue weighted by atomic mass is 32.2. The average molecular weight is 246 g/mol. The second-order valence-corrected chi connectivity index (χ2v) is 5.29. The van der Waals surface area contributed by atoms with Gasteiger partial charge in [0.1, 0.15) is 5.82 Å². The summed E-state index contributed by atoms with van der Waals surface area (Å²) in [5, 5.41) is 0. The summed E-state index contributed by atoms with van der Waals surface area (Å²) in [4.78, 5) is 10.3. The molecule has 0 radical (unpaired) electrons. The lowest BCUT2D eigenvalue weighted by atomic mass is 10.3. The number of nitrogens with two attached hydrogens (primary N) is 2. The molecule has 1 amide bonds. The van der Waals surface area contributed by atoms with Crippen molar-refractivity contribution < 1.29 is 17.6 Å². The van der Waals surface area contributed by atoms with Gasteiger partial charge in [0.15, 0.2) is 9.84 Å². The van der Waals surface area contributed by atoms with Crippen LogP contribution >= 0.6 is 0 Å². The Balaban J connectivity index is 3.03. The van der Waals surface area contributed by atoms with Gasteiger partial charge >= 0.3 is 0 Å². The minimum absolute atomic E-state index is 0.176. The van der Waals surface area contributed by atoms with Gasteiger partial charge in [-0.3, -0.25) is 4.79 Å². The number of sulfone groups is 1. The van der Waals surface area contributed by atoms with Crippen LogP contribution in [0.1, 0.15) is 6.42 Å². The molecule has 0 saturated heterocycles. The Kier molecular flexibility index (Phi) is 3.48. The van der Waals surface area contributed by atoms with Gasteiger partial charge < -0.3 is 11.5 Å². The highest BCUT2D eigenvalue weighted by molar-refractivity contribution is 7.91. The molecule has 0 aliphatic rings. The number of primary amides is 1. The van der Waals surface area contributed by atoms with E-state index in [4.69, 9.17) is 11.5 Å². The van der Waals surface area contributed by atoms with Crippen molar-refractivity contribution in [3.8, 4) is 0 Å². The van der Waals surface area contributed by atoms with Crippen LogP contribution in [0.5, 0.6) is 0 Å². The number of amides is 1. The first-order valence-electron chi connectivity index (χ1n) is 4.39. The summed E-state index contributed by atoms with van der Waals surface area (Å²) in [6.45, 7) is 0. The third-order valence-electron chi connectivity index (χ3n) is 1.92. The topological polar surface area (TPSA) is 103 Å². The third kappa shape index (κ3) is 2.93. The van der Waals surface area contributed by atoms with E-state index in [9.17, 15) is 17.6 Å². The first-order valence-corrected chi connectivity index (χ1v) is 6.04. The first kappa shape index (κ1) is 12.4. The van der Waals surface area contributed by atoms with Crippen molar-refractivity contribution in [2.24, 2.45) is 5.73 Å². The molecule has 1 aromatic rings. The largest absolute Gasteiger partial charge is 0.398 e. The van der Waals surface area contributed by atoms with Crippen LogP contribution in [0.4, 0.5) is 10.1 Å². The summed E-state index contributed by atoms with van der Waals surface area (Å²) in [5.74, 6) is -1.77. The van der Waals surface area contributed by atoms with Crippen molar-refractivity contribution in [2.45, 2.75) is 11.3 Å². The molecular formula is C9H11FN2O3S. The van der Waals surface area contributed by atoms with Crippen molar-refractivity contribution in [3.63, 3.8) is 0 Å². The Morgan fingerprint density at radius 1 is 1.38 bits per heavy atom. The zero-order valence-corrected chi connectivity index (χ0v) is 9.13. The summed E-state index contributed by atoms with van der Waals surface area (Å²) in [5.41, 5.74) is 10.0. The van der Waals surface area contributed by atoms with Crippen LogP contribution in [0.2, 0.25) is 0 Å². The molecule has 4 N–H and O–H groups in total. The quantitative estimate of drug-likeness (QED) is 0.579. The zero-order valence-electron chi connectivity index (χ0n) is 8.31. The molecule has 0 saturated carbocycles. The van der Waals surface area contributed by atoms with E-state index < -0.39 is 27.3 Å². The van der Waals surface area contributed by atoms with Crippen molar-refractivity contribution in [1.82, 2.24) is 0 Å². The minimum Gasteiger partial charge on any atom is -0.398 e. The van der Waals surface area contributed by atoms with Gasteiger partial charge in [-0.15, -0.1) is 0 Å². The molecule has 0 heterocycles. The Labute approximate surface area is 92.2 Å². The van der Waals surface area contributed by atoms with Gasteiger partial charge in [0.2, 0.25) is 5.91 Å². The number of carbonyl (C=O) groups excluding carboxylic acids is 1. The second-order valence-electron chi connectivity index (χ2n) is 3.22. The van der Waals surface area contributed by atoms with Crippen LogP contribution in [0.15, 0.2) is 23.1 Å². The van der Waals surface area contributed by atoms with Crippen molar-refractivity contribution in [1.29, 1.82) is 0 Å². The van der Waals surface area contributed by atoms with Gasteiger partial charge in [-0.1, -0.05) is 0 Å². The third-order valence-corrected chi connectivity index (χ3v) is 3.71. The molecule has 88 valence electrons. The van der Waals surface area contributed by atoms with Gasteiger partial charge in [0.05, 0.1) is 16.3 Å². The number of rotatable bonds is 4. The molecule has 1 aromatic carbocycles. The number of nitrogen functional groups attached to an aromatic ring is 1. The standard InChI is InChI=1S/C9H11FN2O3S/c10-6-1-2-8(7(11)5-6)16(14,15)4-3-9(12)13/h1-2,5H,3-4,11H2,(H2,12,13). The lowest BCUT2D eigenvalue weighted by Crippen LogP contribution is -2.18. The first-order chi connectivity index (χ1) is 7.33. The molecule has 1 rings (SSSR count). The van der Waals surface area contributed by atoms with E-state index in [1.807, 2.05) is 0 Å². The smallest absolute Gasteiger partial charge is 0.218 e. The summed E-state index contributed by atoms with van der Waals surface area (Å²) in [6, 6.07) is 2.98. The van der Waals surface area contributed by atoms with E-state index in [0.29, 0.717) is 0 Å². The number of carbonyl (C=O) groups is 1. The van der Waals surface area contributed by atoms with Crippen molar-refractivity contribution in [2.75, 3.05) is 11.5 Å². The number of benzene rings is 1. The fourth-order valence-corrected chi connectivity index (χ4v) is 2.53. The zero-order chi connectivity index (χ0) is 12.3. The molecule has 0 aliphatic carbocycles. The van der Waals surface area contributed by atoms with Gasteiger partial charge in [0.25, 0.3) is 0 Å². The Bertz CT molecular complexity index is 513.